The van der Waals surface area contributed by atoms with Gasteiger partial charge in [0.1, 0.15) is 0 Å². The van der Waals surface area contributed by atoms with E-state index in [4.69, 9.17) is 9.84 Å². The molecule has 1 aromatic rings. The van der Waals surface area contributed by atoms with Gasteiger partial charge in [-0.1, -0.05) is 0 Å². The number of hydrogen-bond acceptors (Lipinski definition) is 6. The van der Waals surface area contributed by atoms with E-state index in [1.165, 1.54) is 12.1 Å². The highest BCUT2D eigenvalue weighted by Crippen LogP contribution is 2.26. The van der Waals surface area contributed by atoms with Crippen LogP contribution in [0.15, 0.2) is 18.2 Å². The Hall–Kier alpha value is -1.86. The molecular formula is C13H21N3O4. The highest BCUT2D eigenvalue weighted by Gasteiger charge is 2.10. The number of methoxy groups -OCH3 is 1. The normalized spacial score (nSPS) is 10.3. The van der Waals surface area contributed by atoms with Crippen molar-refractivity contribution >= 4 is 17.1 Å². The first-order valence-corrected chi connectivity index (χ1v) is 6.55. The minimum absolute atomic E-state index is 0.00423. The van der Waals surface area contributed by atoms with E-state index in [1.54, 1.807) is 13.2 Å². The zero-order valence-corrected chi connectivity index (χ0v) is 11.6. The summed E-state index contributed by atoms with van der Waals surface area (Å²) in [6.45, 7) is 1.81. The van der Waals surface area contributed by atoms with Gasteiger partial charge in [-0.3, -0.25) is 10.1 Å². The molecule has 112 valence electrons. The molecule has 20 heavy (non-hydrogen) atoms. The predicted octanol–water partition coefficient (Wildman–Crippen LogP) is 1.84. The van der Waals surface area contributed by atoms with Crippen LogP contribution < -0.4 is 10.6 Å². The lowest BCUT2D eigenvalue weighted by molar-refractivity contribution is -0.384. The van der Waals surface area contributed by atoms with Crippen LogP contribution in [0.5, 0.6) is 0 Å². The second kappa shape index (κ2) is 9.11. The zero-order valence-electron chi connectivity index (χ0n) is 11.6. The monoisotopic (exact) mass is 283 g/mol. The molecule has 0 aromatic heterocycles. The Balaban J connectivity index is 2.66. The van der Waals surface area contributed by atoms with E-state index >= 15 is 0 Å². The van der Waals surface area contributed by atoms with Gasteiger partial charge in [-0.05, 0) is 18.9 Å². The number of aliphatic hydroxyl groups is 1. The Morgan fingerprint density at radius 3 is 2.65 bits per heavy atom. The fraction of sp³-hybridized carbons (Fsp3) is 0.538. The molecule has 7 nitrogen and oxygen atoms in total. The van der Waals surface area contributed by atoms with E-state index < -0.39 is 4.92 Å². The van der Waals surface area contributed by atoms with Crippen LogP contribution in [0.1, 0.15) is 12.8 Å². The number of aliphatic hydroxyl groups excluding tert-OH is 1. The smallest absolute Gasteiger partial charge is 0.271 e. The van der Waals surface area contributed by atoms with Crippen molar-refractivity contribution in [2.24, 2.45) is 0 Å². The summed E-state index contributed by atoms with van der Waals surface area (Å²) >= 11 is 0. The fourth-order valence-corrected chi connectivity index (χ4v) is 1.73. The van der Waals surface area contributed by atoms with Crippen molar-refractivity contribution in [1.82, 2.24) is 0 Å². The highest BCUT2D eigenvalue weighted by molar-refractivity contribution is 5.71. The molecule has 7 heteroatoms. The van der Waals surface area contributed by atoms with Gasteiger partial charge in [0, 0.05) is 38.9 Å². The van der Waals surface area contributed by atoms with E-state index in [2.05, 4.69) is 10.6 Å². The summed E-state index contributed by atoms with van der Waals surface area (Å²) in [5.74, 6) is 0. The molecule has 0 heterocycles. The number of rotatable bonds is 10. The number of benzene rings is 1. The number of nitrogens with one attached hydrogen (secondary N) is 2. The third-order valence-corrected chi connectivity index (χ3v) is 2.73. The molecular weight excluding hydrogens is 262 g/mol. The van der Waals surface area contributed by atoms with Gasteiger partial charge < -0.3 is 20.5 Å². The molecule has 0 bridgehead atoms. The summed E-state index contributed by atoms with van der Waals surface area (Å²) in [6, 6.07) is 4.58. The third kappa shape index (κ3) is 5.41. The molecule has 0 aliphatic carbocycles. The van der Waals surface area contributed by atoms with Crippen LogP contribution in [0, 0.1) is 10.1 Å². The lowest BCUT2D eigenvalue weighted by Gasteiger charge is -2.13. The van der Waals surface area contributed by atoms with Gasteiger partial charge in [0.05, 0.1) is 22.9 Å². The summed E-state index contributed by atoms with van der Waals surface area (Å²) < 4.78 is 4.96. The molecule has 0 saturated carbocycles. The number of non-ortho nitro benzene ring substituents is 1. The van der Waals surface area contributed by atoms with Crippen LogP contribution in [0.25, 0.3) is 0 Å². The SMILES string of the molecule is COCCCCNc1cc([N+](=O)[O-])ccc1NCCO. The second-order valence-corrected chi connectivity index (χ2v) is 4.26. The van der Waals surface area contributed by atoms with E-state index in [0.717, 1.165) is 18.5 Å². The number of hydrogen-bond donors (Lipinski definition) is 3. The molecule has 0 saturated heterocycles. The number of nitrogens with zero attached hydrogens (tertiary/aromatic N) is 1. The van der Waals surface area contributed by atoms with Crippen molar-refractivity contribution in [2.45, 2.75) is 12.8 Å². The van der Waals surface area contributed by atoms with Crippen LogP contribution in [0.3, 0.4) is 0 Å². The van der Waals surface area contributed by atoms with Crippen molar-refractivity contribution < 1.29 is 14.8 Å². The summed E-state index contributed by atoms with van der Waals surface area (Å²) in [6.07, 6.45) is 1.84. The first kappa shape index (κ1) is 16.2. The number of nitro groups is 1. The average molecular weight is 283 g/mol. The molecule has 0 aliphatic heterocycles. The van der Waals surface area contributed by atoms with E-state index in [0.29, 0.717) is 25.4 Å². The van der Waals surface area contributed by atoms with Gasteiger partial charge in [0.2, 0.25) is 0 Å². The van der Waals surface area contributed by atoms with E-state index in [9.17, 15) is 10.1 Å². The van der Waals surface area contributed by atoms with Crippen LogP contribution in [-0.4, -0.2) is 43.4 Å². The number of ether oxygens (including phenoxy) is 1. The lowest BCUT2D eigenvalue weighted by Crippen LogP contribution is -2.10. The molecule has 0 unspecified atom stereocenters. The Morgan fingerprint density at radius 2 is 2.00 bits per heavy atom. The Kier molecular flexibility index (Phi) is 7.38. The molecule has 3 N–H and O–H groups in total. The Labute approximate surface area is 118 Å². The zero-order chi connectivity index (χ0) is 14.8. The number of unbranched alkanes of at least 4 members (excludes halogenated alkanes) is 1. The molecule has 0 amide bonds. The van der Waals surface area contributed by atoms with Crippen molar-refractivity contribution in [1.29, 1.82) is 0 Å². The lowest BCUT2D eigenvalue weighted by atomic mass is 10.2. The van der Waals surface area contributed by atoms with Gasteiger partial charge >= 0.3 is 0 Å². The molecule has 0 fully saturated rings. The van der Waals surface area contributed by atoms with Gasteiger partial charge in [-0.2, -0.15) is 0 Å². The first-order valence-electron chi connectivity index (χ1n) is 6.55. The molecule has 1 rings (SSSR count). The maximum Gasteiger partial charge on any atom is 0.271 e. The first-order chi connectivity index (χ1) is 9.69. The molecule has 0 atom stereocenters. The van der Waals surface area contributed by atoms with Crippen LogP contribution in [0.2, 0.25) is 0 Å². The standard InChI is InChI=1S/C13H21N3O4/c1-20-9-3-2-6-14-13-10-11(16(18)19)4-5-12(13)15-7-8-17/h4-5,10,14-15,17H,2-3,6-9H2,1H3. The van der Waals surface area contributed by atoms with Crippen LogP contribution in [0.4, 0.5) is 17.1 Å². The largest absolute Gasteiger partial charge is 0.395 e. The predicted molar refractivity (Wildman–Crippen MR) is 78.3 cm³/mol. The van der Waals surface area contributed by atoms with Crippen molar-refractivity contribution in [2.75, 3.05) is 44.0 Å². The third-order valence-electron chi connectivity index (χ3n) is 2.73. The second-order valence-electron chi connectivity index (χ2n) is 4.26. The molecule has 0 aliphatic rings. The van der Waals surface area contributed by atoms with E-state index in [-0.39, 0.29) is 12.3 Å². The minimum Gasteiger partial charge on any atom is -0.395 e. The number of nitro benzene ring substituents is 1. The van der Waals surface area contributed by atoms with Gasteiger partial charge in [-0.15, -0.1) is 0 Å². The topological polar surface area (TPSA) is 96.7 Å². The quantitative estimate of drug-likeness (QED) is 0.344. The van der Waals surface area contributed by atoms with Crippen molar-refractivity contribution in [3.63, 3.8) is 0 Å². The summed E-state index contributed by atoms with van der Waals surface area (Å²) in [7, 11) is 1.66. The summed E-state index contributed by atoms with van der Waals surface area (Å²) in [5.41, 5.74) is 1.46. The summed E-state index contributed by atoms with van der Waals surface area (Å²) in [5, 5.41) is 25.8. The summed E-state index contributed by atoms with van der Waals surface area (Å²) in [4.78, 5) is 10.4. The molecule has 0 spiro atoms. The average Bonchev–Trinajstić information content (AvgIpc) is 2.45. The Morgan fingerprint density at radius 1 is 1.25 bits per heavy atom. The van der Waals surface area contributed by atoms with E-state index in [1.807, 2.05) is 0 Å². The Bertz CT molecular complexity index is 426. The van der Waals surface area contributed by atoms with Crippen molar-refractivity contribution in [3.8, 4) is 0 Å². The van der Waals surface area contributed by atoms with Gasteiger partial charge in [0.15, 0.2) is 0 Å². The highest BCUT2D eigenvalue weighted by atomic mass is 16.6. The van der Waals surface area contributed by atoms with Gasteiger partial charge in [0.25, 0.3) is 5.69 Å². The van der Waals surface area contributed by atoms with Gasteiger partial charge in [-0.25, -0.2) is 0 Å². The molecule has 1 aromatic carbocycles. The molecule has 0 radical (unpaired) electrons. The maximum atomic E-state index is 10.8. The fourth-order valence-electron chi connectivity index (χ4n) is 1.73. The van der Waals surface area contributed by atoms with Crippen molar-refractivity contribution in [3.05, 3.63) is 28.3 Å². The van der Waals surface area contributed by atoms with Crippen LogP contribution >= 0.6 is 0 Å². The minimum atomic E-state index is -0.425. The van der Waals surface area contributed by atoms with Crippen LogP contribution in [-0.2, 0) is 4.74 Å². The maximum absolute atomic E-state index is 10.8. The number of anilines is 2.